The lowest BCUT2D eigenvalue weighted by Crippen LogP contribution is -2.34. The van der Waals surface area contributed by atoms with E-state index in [-0.39, 0.29) is 12.6 Å². The highest BCUT2D eigenvalue weighted by Crippen LogP contribution is 2.38. The Bertz CT molecular complexity index is 848. The predicted octanol–water partition coefficient (Wildman–Crippen LogP) is 3.31. The van der Waals surface area contributed by atoms with Crippen LogP contribution in [0.2, 0.25) is 0 Å². The van der Waals surface area contributed by atoms with Crippen LogP contribution < -0.4 is 0 Å². The Morgan fingerprint density at radius 2 is 1.87 bits per heavy atom. The van der Waals surface area contributed by atoms with Gasteiger partial charge < -0.3 is 0 Å². The molecule has 2 aromatic rings. The summed E-state index contributed by atoms with van der Waals surface area (Å²) in [6.45, 7) is 2.01. The first-order valence-electron chi connectivity index (χ1n) is 7.64. The van der Waals surface area contributed by atoms with Crippen molar-refractivity contribution in [1.29, 1.82) is 0 Å². The molecular weight excluding hydrogens is 306 g/mol. The number of sulfonamides is 1. The Kier molecular flexibility index (Phi) is 4.25. The molecule has 1 atom stereocenters. The molecule has 118 valence electrons. The maximum Gasteiger partial charge on any atom is 0.244 e. The van der Waals surface area contributed by atoms with E-state index in [0.717, 1.165) is 24.0 Å². The molecule has 3 nitrogen and oxygen atoms in total. The molecule has 0 heterocycles. The van der Waals surface area contributed by atoms with Crippen molar-refractivity contribution in [2.75, 3.05) is 6.54 Å². The van der Waals surface area contributed by atoms with Crippen molar-refractivity contribution in [3.05, 3.63) is 65.2 Å². The van der Waals surface area contributed by atoms with Crippen molar-refractivity contribution < 1.29 is 8.42 Å². The highest BCUT2D eigenvalue weighted by atomic mass is 32.2. The van der Waals surface area contributed by atoms with Gasteiger partial charge in [-0.05, 0) is 43.0 Å². The summed E-state index contributed by atoms with van der Waals surface area (Å²) < 4.78 is 27.6. The summed E-state index contributed by atoms with van der Waals surface area (Å²) in [5.41, 5.74) is 3.30. The molecule has 0 aliphatic heterocycles. The lowest BCUT2D eigenvalue weighted by Gasteiger charge is -2.27. The second-order valence-corrected chi connectivity index (χ2v) is 7.71. The standard InChI is InChI=1S/C19H19NO2S/c1-3-14-20(19-13-10-16-6-4-5-7-18(16)19)23(21,22)17-11-8-15(2)9-12-17/h1,4-9,11-12,19H,10,13-14H2,2H3. The highest BCUT2D eigenvalue weighted by Gasteiger charge is 2.35. The summed E-state index contributed by atoms with van der Waals surface area (Å²) in [6, 6.07) is 14.7. The molecule has 0 amide bonds. The van der Waals surface area contributed by atoms with E-state index >= 15 is 0 Å². The van der Waals surface area contributed by atoms with Gasteiger partial charge in [-0.2, -0.15) is 4.31 Å². The third-order valence-corrected chi connectivity index (χ3v) is 6.19. The van der Waals surface area contributed by atoms with E-state index in [1.165, 1.54) is 9.87 Å². The molecule has 2 aromatic carbocycles. The number of aryl methyl sites for hydroxylation is 2. The van der Waals surface area contributed by atoms with E-state index < -0.39 is 10.0 Å². The minimum Gasteiger partial charge on any atom is -0.207 e. The van der Waals surface area contributed by atoms with E-state index in [0.29, 0.717) is 4.90 Å². The van der Waals surface area contributed by atoms with Gasteiger partial charge in [-0.15, -0.1) is 6.42 Å². The van der Waals surface area contributed by atoms with Crippen LogP contribution in [0.25, 0.3) is 0 Å². The molecule has 0 N–H and O–H groups in total. The van der Waals surface area contributed by atoms with Gasteiger partial charge in [0, 0.05) is 0 Å². The molecule has 4 heteroatoms. The Labute approximate surface area is 138 Å². The number of terminal acetylenes is 1. The van der Waals surface area contributed by atoms with Crippen molar-refractivity contribution in [1.82, 2.24) is 4.31 Å². The summed E-state index contributed by atoms with van der Waals surface area (Å²) in [5, 5.41) is 0. The zero-order valence-corrected chi connectivity index (χ0v) is 13.9. The molecule has 23 heavy (non-hydrogen) atoms. The Balaban J connectivity index is 2.03. The lowest BCUT2D eigenvalue weighted by molar-refractivity contribution is 0.352. The van der Waals surface area contributed by atoms with Crippen molar-refractivity contribution in [2.45, 2.75) is 30.7 Å². The Morgan fingerprint density at radius 1 is 1.17 bits per heavy atom. The van der Waals surface area contributed by atoms with Crippen LogP contribution in [0, 0.1) is 19.3 Å². The third-order valence-electron chi connectivity index (χ3n) is 4.32. The van der Waals surface area contributed by atoms with Gasteiger partial charge >= 0.3 is 0 Å². The first-order chi connectivity index (χ1) is 11.0. The van der Waals surface area contributed by atoms with E-state index in [4.69, 9.17) is 6.42 Å². The number of hydrogen-bond acceptors (Lipinski definition) is 2. The zero-order chi connectivity index (χ0) is 16.4. The average Bonchev–Trinajstić information content (AvgIpc) is 2.96. The fraction of sp³-hybridized carbons (Fsp3) is 0.263. The highest BCUT2D eigenvalue weighted by molar-refractivity contribution is 7.89. The predicted molar refractivity (Wildman–Crippen MR) is 91.4 cm³/mol. The van der Waals surface area contributed by atoms with Crippen LogP contribution in [-0.4, -0.2) is 19.3 Å². The summed E-state index contributed by atoms with van der Waals surface area (Å²) in [4.78, 5) is 0.294. The van der Waals surface area contributed by atoms with Gasteiger partial charge in [-0.1, -0.05) is 47.9 Å². The van der Waals surface area contributed by atoms with Gasteiger partial charge in [-0.3, -0.25) is 0 Å². The van der Waals surface area contributed by atoms with Crippen LogP contribution in [0.15, 0.2) is 53.4 Å². The number of hydrogen-bond donors (Lipinski definition) is 0. The van der Waals surface area contributed by atoms with Crippen LogP contribution in [-0.2, 0) is 16.4 Å². The topological polar surface area (TPSA) is 37.4 Å². The summed E-state index contributed by atoms with van der Waals surface area (Å²) in [7, 11) is -3.62. The summed E-state index contributed by atoms with van der Waals surface area (Å²) in [5.74, 6) is 2.51. The van der Waals surface area contributed by atoms with Crippen LogP contribution in [0.3, 0.4) is 0 Å². The molecule has 0 radical (unpaired) electrons. The first kappa shape index (κ1) is 15.8. The fourth-order valence-electron chi connectivity index (χ4n) is 3.13. The minimum atomic E-state index is -3.62. The zero-order valence-electron chi connectivity index (χ0n) is 13.1. The maximum atomic E-state index is 13.1. The molecule has 3 rings (SSSR count). The van der Waals surface area contributed by atoms with Gasteiger partial charge in [-0.25, -0.2) is 8.42 Å². The SMILES string of the molecule is C#CCN(C1CCc2ccccc21)S(=O)(=O)c1ccc(C)cc1. The van der Waals surface area contributed by atoms with Crippen molar-refractivity contribution in [2.24, 2.45) is 0 Å². The van der Waals surface area contributed by atoms with Gasteiger partial charge in [0.1, 0.15) is 0 Å². The third kappa shape index (κ3) is 2.90. The van der Waals surface area contributed by atoms with Gasteiger partial charge in [0.25, 0.3) is 0 Å². The van der Waals surface area contributed by atoms with Crippen LogP contribution in [0.5, 0.6) is 0 Å². The van der Waals surface area contributed by atoms with E-state index in [1.807, 2.05) is 37.3 Å². The molecule has 0 saturated heterocycles. The number of fused-ring (bicyclic) bond motifs is 1. The van der Waals surface area contributed by atoms with Gasteiger partial charge in [0.05, 0.1) is 17.5 Å². The maximum absolute atomic E-state index is 13.1. The molecule has 0 fully saturated rings. The largest absolute Gasteiger partial charge is 0.244 e. The first-order valence-corrected chi connectivity index (χ1v) is 9.08. The molecular formula is C19H19NO2S. The quantitative estimate of drug-likeness (QED) is 0.809. The van der Waals surface area contributed by atoms with Gasteiger partial charge in [0.15, 0.2) is 0 Å². The van der Waals surface area contributed by atoms with E-state index in [9.17, 15) is 8.42 Å². The molecule has 0 saturated carbocycles. The van der Waals surface area contributed by atoms with Crippen molar-refractivity contribution in [3.63, 3.8) is 0 Å². The summed E-state index contributed by atoms with van der Waals surface area (Å²) >= 11 is 0. The van der Waals surface area contributed by atoms with E-state index in [2.05, 4.69) is 12.0 Å². The number of benzene rings is 2. The van der Waals surface area contributed by atoms with Crippen LogP contribution >= 0.6 is 0 Å². The smallest absolute Gasteiger partial charge is 0.207 e. The number of nitrogens with zero attached hydrogens (tertiary/aromatic N) is 1. The molecule has 1 unspecified atom stereocenters. The summed E-state index contributed by atoms with van der Waals surface area (Å²) in [6.07, 6.45) is 7.11. The normalized spacial score (nSPS) is 17.0. The molecule has 0 aromatic heterocycles. The van der Waals surface area contributed by atoms with Crippen molar-refractivity contribution >= 4 is 10.0 Å². The monoisotopic (exact) mass is 325 g/mol. The van der Waals surface area contributed by atoms with Crippen LogP contribution in [0.1, 0.15) is 29.2 Å². The molecule has 1 aliphatic carbocycles. The fourth-order valence-corrected chi connectivity index (χ4v) is 4.68. The van der Waals surface area contributed by atoms with E-state index in [1.54, 1.807) is 12.1 Å². The van der Waals surface area contributed by atoms with Gasteiger partial charge in [0.2, 0.25) is 10.0 Å². The minimum absolute atomic E-state index is 0.0786. The Hall–Kier alpha value is -2.09. The lowest BCUT2D eigenvalue weighted by atomic mass is 10.1. The van der Waals surface area contributed by atoms with Crippen molar-refractivity contribution in [3.8, 4) is 12.3 Å². The molecule has 1 aliphatic rings. The second kappa shape index (κ2) is 6.19. The van der Waals surface area contributed by atoms with Crippen LogP contribution in [0.4, 0.5) is 0 Å². The molecule has 0 spiro atoms. The second-order valence-electron chi connectivity index (χ2n) is 5.82. The molecule has 0 bridgehead atoms. The average molecular weight is 325 g/mol. The Morgan fingerprint density at radius 3 is 2.57 bits per heavy atom. The number of rotatable bonds is 4.